The minimum atomic E-state index is -3.90. The number of fused-ring (bicyclic) bond motifs is 1. The molecule has 0 aliphatic rings. The van der Waals surface area contributed by atoms with Crippen LogP contribution in [0.25, 0.3) is 10.9 Å². The molecule has 0 spiro atoms. The van der Waals surface area contributed by atoms with E-state index in [1.54, 1.807) is 31.2 Å². The van der Waals surface area contributed by atoms with Gasteiger partial charge >= 0.3 is 0 Å². The van der Waals surface area contributed by atoms with Crippen LogP contribution in [0.4, 0.5) is 0 Å². The van der Waals surface area contributed by atoms with Crippen molar-refractivity contribution in [1.82, 2.24) is 30.6 Å². The van der Waals surface area contributed by atoms with Gasteiger partial charge in [-0.2, -0.15) is 12.6 Å². The quantitative estimate of drug-likeness (QED) is 0.0799. The third-order valence-corrected chi connectivity index (χ3v) is 9.54. The topological polar surface area (TPSA) is 185 Å². The van der Waals surface area contributed by atoms with E-state index in [1.807, 2.05) is 25.1 Å². The molecule has 270 valence electrons. The molecule has 0 radical (unpaired) electrons. The minimum absolute atomic E-state index is 0.0406. The van der Waals surface area contributed by atoms with Gasteiger partial charge in [0.15, 0.2) is 0 Å². The lowest BCUT2D eigenvalue weighted by molar-refractivity contribution is -0.125. The van der Waals surface area contributed by atoms with Crippen LogP contribution < -0.4 is 26.0 Å². The number of carbonyl (C=O) groups excluding carboxylic acids is 5. The van der Waals surface area contributed by atoms with E-state index in [9.17, 15) is 32.4 Å². The van der Waals surface area contributed by atoms with Gasteiger partial charge in [-0.05, 0) is 68.7 Å². The smallest absolute Gasteiger partial charge is 0.262 e. The van der Waals surface area contributed by atoms with E-state index < -0.39 is 21.8 Å². The summed E-state index contributed by atoms with van der Waals surface area (Å²) in [5.41, 5.74) is 3.50. The van der Waals surface area contributed by atoms with Crippen LogP contribution in [0.3, 0.4) is 0 Å². The molecule has 0 saturated heterocycles. The number of carbonyl (C=O) groups is 5. The summed E-state index contributed by atoms with van der Waals surface area (Å²) in [6.45, 7) is 7.50. The maximum absolute atomic E-state index is 13.5. The zero-order chi connectivity index (χ0) is 36.8. The third kappa shape index (κ3) is 12.5. The Labute approximate surface area is 302 Å². The van der Waals surface area contributed by atoms with Crippen molar-refractivity contribution in [1.29, 1.82) is 0 Å². The highest BCUT2D eigenvalue weighted by atomic mass is 35.5. The van der Waals surface area contributed by atoms with Crippen molar-refractivity contribution < 1.29 is 32.4 Å². The molecule has 0 fully saturated rings. The molecule has 50 heavy (non-hydrogen) atoms. The summed E-state index contributed by atoms with van der Waals surface area (Å²) >= 11 is 9.83. The molecule has 5 N–H and O–H groups in total. The van der Waals surface area contributed by atoms with Crippen LogP contribution in [-0.4, -0.2) is 80.2 Å². The van der Waals surface area contributed by atoms with Crippen LogP contribution in [0.5, 0.6) is 0 Å². The maximum Gasteiger partial charge on any atom is 0.262 e. The highest BCUT2D eigenvalue weighted by molar-refractivity contribution is 7.90. The van der Waals surface area contributed by atoms with E-state index in [2.05, 4.69) is 45.2 Å². The maximum atomic E-state index is 13.5. The monoisotopic (exact) mass is 746 g/mol. The Morgan fingerprint density at radius 1 is 0.800 bits per heavy atom. The van der Waals surface area contributed by atoms with Crippen molar-refractivity contribution in [2.45, 2.75) is 46.0 Å². The highest BCUT2D eigenvalue weighted by Gasteiger charge is 2.23. The zero-order valence-electron chi connectivity index (χ0n) is 28.1. The summed E-state index contributed by atoms with van der Waals surface area (Å²) in [4.78, 5) is 61.5. The van der Waals surface area contributed by atoms with Crippen LogP contribution in [0.15, 0.2) is 54.7 Å². The number of halogens is 1. The first-order valence-electron chi connectivity index (χ1n) is 16.0. The second kappa shape index (κ2) is 19.2. The molecule has 0 bridgehead atoms. The molecular formula is C34H43ClN6O7S2. The zero-order valence-corrected chi connectivity index (χ0v) is 30.5. The van der Waals surface area contributed by atoms with Crippen molar-refractivity contribution >= 4 is 74.7 Å². The van der Waals surface area contributed by atoms with Crippen molar-refractivity contribution in [3.05, 3.63) is 82.1 Å². The number of benzene rings is 2. The van der Waals surface area contributed by atoms with Gasteiger partial charge in [-0.1, -0.05) is 42.7 Å². The molecule has 16 heteroatoms. The van der Waals surface area contributed by atoms with E-state index in [0.717, 1.165) is 5.56 Å². The van der Waals surface area contributed by atoms with Crippen molar-refractivity contribution in [3.63, 3.8) is 0 Å². The van der Waals surface area contributed by atoms with Gasteiger partial charge < -0.3 is 21.3 Å². The molecule has 4 amide bonds. The predicted octanol–water partition coefficient (Wildman–Crippen LogP) is 2.53. The Bertz CT molecular complexity index is 1840. The van der Waals surface area contributed by atoms with Crippen LogP contribution in [0, 0.1) is 13.8 Å². The van der Waals surface area contributed by atoms with Crippen molar-refractivity contribution in [3.8, 4) is 0 Å². The van der Waals surface area contributed by atoms with Gasteiger partial charge in [0.05, 0.1) is 43.1 Å². The molecule has 0 unspecified atom stereocenters. The Morgan fingerprint density at radius 3 is 2.14 bits per heavy atom. The summed E-state index contributed by atoms with van der Waals surface area (Å²) < 4.78 is 29.1. The molecule has 0 aliphatic carbocycles. The summed E-state index contributed by atoms with van der Waals surface area (Å²) in [5.74, 6) is -2.24. The number of hydrogen-bond donors (Lipinski definition) is 6. The van der Waals surface area contributed by atoms with E-state index >= 15 is 0 Å². The second-order valence-electron chi connectivity index (χ2n) is 11.7. The summed E-state index contributed by atoms with van der Waals surface area (Å²) in [6.07, 6.45) is 1.89. The molecule has 0 saturated carbocycles. The van der Waals surface area contributed by atoms with Crippen LogP contribution in [-0.2, 0) is 35.6 Å². The normalized spacial score (nSPS) is 11.1. The number of hydrogen-bond acceptors (Lipinski definition) is 9. The number of aromatic nitrogens is 1. The first-order chi connectivity index (χ1) is 23.7. The third-order valence-electron chi connectivity index (χ3n) is 7.64. The van der Waals surface area contributed by atoms with Crippen LogP contribution >= 0.6 is 24.2 Å². The Morgan fingerprint density at radius 2 is 1.44 bits per heavy atom. The molecule has 0 atom stereocenters. The van der Waals surface area contributed by atoms with Gasteiger partial charge in [0, 0.05) is 33.9 Å². The Hall–Kier alpha value is -4.34. The lowest BCUT2D eigenvalue weighted by Crippen LogP contribution is -2.41. The van der Waals surface area contributed by atoms with Crippen molar-refractivity contribution in [2.75, 3.05) is 37.7 Å². The average Bonchev–Trinajstić information content (AvgIpc) is 3.33. The van der Waals surface area contributed by atoms with Gasteiger partial charge in [-0.15, -0.1) is 0 Å². The van der Waals surface area contributed by atoms with E-state index in [1.165, 1.54) is 4.57 Å². The van der Waals surface area contributed by atoms with E-state index in [4.69, 9.17) is 11.6 Å². The van der Waals surface area contributed by atoms with Crippen LogP contribution in [0.1, 0.15) is 52.9 Å². The molecule has 13 nitrogen and oxygen atoms in total. The second-order valence-corrected chi connectivity index (χ2v) is 14.3. The SMILES string of the molecule is C=C(CNC(=O)CS)NCC(=O)NCC(=O)NCCCCCCS(=O)(=O)NC(=O)Cc1c(C)n(C(=O)c2ccc(Cl)cc2)c2ccc(C)cc12. The number of rotatable bonds is 19. The van der Waals surface area contributed by atoms with Crippen molar-refractivity contribution in [2.24, 2.45) is 0 Å². The highest BCUT2D eigenvalue weighted by Crippen LogP contribution is 2.29. The fraction of sp³-hybridized carbons (Fsp3) is 0.382. The molecule has 2 aromatic carbocycles. The van der Waals surface area contributed by atoms with Crippen LogP contribution in [0.2, 0.25) is 5.02 Å². The average molecular weight is 747 g/mol. The molecule has 1 heterocycles. The first-order valence-corrected chi connectivity index (χ1v) is 18.6. The summed E-state index contributed by atoms with van der Waals surface area (Å²) in [7, 11) is -3.90. The van der Waals surface area contributed by atoms with Gasteiger partial charge in [0.25, 0.3) is 5.91 Å². The Balaban J connectivity index is 1.39. The standard InChI is InChI=1S/C34H43ClN6O7S2/c1-22-8-13-29-28(16-22)27(24(3)41(29)34(46)25-9-11-26(35)12-10-25)17-30(42)40-50(47,48)15-7-5-4-6-14-36-31(43)20-39-32(44)19-37-23(2)18-38-33(45)21-49/h8-13,16,37,49H,2,4-7,14-15,17-21H2,1,3H3,(H,36,43)(H,38,45)(H,39,44)(H,40,42). The fourth-order valence-electron chi connectivity index (χ4n) is 5.06. The van der Waals surface area contributed by atoms with Gasteiger partial charge in [-0.25, -0.2) is 8.42 Å². The summed E-state index contributed by atoms with van der Waals surface area (Å²) in [5, 5.41) is 11.7. The molecule has 0 aliphatic heterocycles. The molecular weight excluding hydrogens is 704 g/mol. The predicted molar refractivity (Wildman–Crippen MR) is 197 cm³/mol. The Kier molecular flexibility index (Phi) is 15.4. The minimum Gasteiger partial charge on any atom is -0.379 e. The number of amides is 4. The van der Waals surface area contributed by atoms with E-state index in [-0.39, 0.29) is 55.3 Å². The fourth-order valence-corrected chi connectivity index (χ4v) is 6.40. The van der Waals surface area contributed by atoms with Gasteiger partial charge in [0.1, 0.15) is 0 Å². The number of nitrogens with zero attached hydrogens (tertiary/aromatic N) is 1. The number of sulfonamides is 1. The number of nitrogens with one attached hydrogen (secondary N) is 5. The van der Waals surface area contributed by atoms with Gasteiger partial charge in [0.2, 0.25) is 33.7 Å². The number of unbranched alkanes of at least 4 members (excludes halogenated alkanes) is 3. The first kappa shape index (κ1) is 40.1. The van der Waals surface area contributed by atoms with Gasteiger partial charge in [-0.3, -0.25) is 33.3 Å². The molecule has 1 aromatic heterocycles. The van der Waals surface area contributed by atoms with E-state index in [0.29, 0.717) is 70.7 Å². The summed E-state index contributed by atoms with van der Waals surface area (Å²) in [6, 6.07) is 12.0. The number of thiol groups is 1. The lowest BCUT2D eigenvalue weighted by atomic mass is 10.1. The molecule has 3 aromatic rings. The number of aryl methyl sites for hydroxylation is 1. The largest absolute Gasteiger partial charge is 0.379 e. The lowest BCUT2D eigenvalue weighted by Gasteiger charge is -2.11. The molecule has 3 rings (SSSR count).